The van der Waals surface area contributed by atoms with Crippen LogP contribution in [-0.2, 0) is 28.6 Å². The summed E-state index contributed by atoms with van der Waals surface area (Å²) in [4.78, 5) is 26.0. The van der Waals surface area contributed by atoms with Gasteiger partial charge in [0.1, 0.15) is 28.9 Å². The van der Waals surface area contributed by atoms with Crippen LogP contribution in [0.3, 0.4) is 0 Å². The van der Waals surface area contributed by atoms with Crippen LogP contribution in [0, 0.1) is 0 Å². The number of hydrogen-bond donors (Lipinski definition) is 1. The molecule has 0 spiro atoms. The van der Waals surface area contributed by atoms with Gasteiger partial charge in [-0.25, -0.2) is 4.79 Å². The molecule has 0 fully saturated rings. The molecule has 15 heteroatoms. The number of phenols is 1. The van der Waals surface area contributed by atoms with Crippen molar-refractivity contribution in [2.75, 3.05) is 20.5 Å². The summed E-state index contributed by atoms with van der Waals surface area (Å²) in [6.45, 7) is 6.61. The first-order valence-corrected chi connectivity index (χ1v) is 15.3. The minimum absolute atomic E-state index is 0.127. The van der Waals surface area contributed by atoms with Crippen LogP contribution in [0.5, 0.6) is 11.5 Å². The molecule has 1 aliphatic heterocycles. The molecule has 1 aromatic carbocycles. The van der Waals surface area contributed by atoms with Gasteiger partial charge in [0.15, 0.2) is 6.79 Å². The summed E-state index contributed by atoms with van der Waals surface area (Å²) in [5.41, 5.74) is -6.15. The smallest absolute Gasteiger partial charge is 0.507 e. The molecule has 1 aromatic rings. The van der Waals surface area contributed by atoms with Crippen molar-refractivity contribution in [1.82, 2.24) is 4.90 Å². The number of aromatic hydroxyl groups is 1. The first-order chi connectivity index (χ1) is 16.1. The summed E-state index contributed by atoms with van der Waals surface area (Å²) >= 11 is 0. The average Bonchev–Trinajstić information content (AvgIpc) is 3.14. The lowest BCUT2D eigenvalue weighted by molar-refractivity contribution is -0.144. The number of esters is 1. The van der Waals surface area contributed by atoms with E-state index >= 15 is 0 Å². The monoisotopic (exact) mass is 541 g/mol. The van der Waals surface area contributed by atoms with E-state index in [0.717, 1.165) is 19.2 Å². The van der Waals surface area contributed by atoms with Crippen molar-refractivity contribution in [3.63, 3.8) is 0 Å². The zero-order valence-corrected chi connectivity index (χ0v) is 21.2. The van der Waals surface area contributed by atoms with Gasteiger partial charge >= 0.3 is 21.6 Å². The highest BCUT2D eigenvalue weighted by atomic mass is 32.2. The summed E-state index contributed by atoms with van der Waals surface area (Å²) in [5, 5.41) is 10.3. The molecule has 0 aliphatic carbocycles. The molecule has 196 valence electrons. The van der Waals surface area contributed by atoms with E-state index < -0.39 is 65.1 Å². The molecule has 1 amide bonds. The van der Waals surface area contributed by atoms with E-state index in [2.05, 4.69) is 28.6 Å². The number of carbonyl (C=O) groups excluding carboxylic acids is 2. The molecular weight excluding hydrogens is 515 g/mol. The van der Waals surface area contributed by atoms with Crippen molar-refractivity contribution < 1.29 is 54.7 Å². The number of benzene rings is 1. The summed E-state index contributed by atoms with van der Waals surface area (Å²) in [7, 11) is -6.42. The van der Waals surface area contributed by atoms with Crippen molar-refractivity contribution in [3.05, 3.63) is 35.7 Å². The Balaban J connectivity index is 2.30. The minimum Gasteiger partial charge on any atom is -0.507 e. The van der Waals surface area contributed by atoms with E-state index in [1.165, 1.54) is 12.1 Å². The van der Waals surface area contributed by atoms with Gasteiger partial charge in [-0.1, -0.05) is 25.7 Å². The third-order valence-electron chi connectivity index (χ3n) is 4.73. The van der Waals surface area contributed by atoms with Crippen LogP contribution in [0.4, 0.5) is 13.2 Å². The highest BCUT2D eigenvalue weighted by molar-refractivity contribution is 7.87. The molecule has 1 heterocycles. The Bertz CT molecular complexity index is 1080. The Morgan fingerprint density at radius 1 is 1.23 bits per heavy atom. The number of nitrogens with zero attached hydrogens (tertiary/aromatic N) is 1. The van der Waals surface area contributed by atoms with Crippen LogP contribution < -0.4 is 4.74 Å². The predicted molar refractivity (Wildman–Crippen MR) is 118 cm³/mol. The van der Waals surface area contributed by atoms with Crippen LogP contribution in [0.15, 0.2) is 30.2 Å². The van der Waals surface area contributed by atoms with E-state index in [4.69, 9.17) is 9.47 Å². The molecule has 10 nitrogen and oxygen atoms in total. The lowest BCUT2D eigenvalue weighted by Gasteiger charge is -2.22. The molecule has 35 heavy (non-hydrogen) atoms. The lowest BCUT2D eigenvalue weighted by atomic mass is 10.1. The lowest BCUT2D eigenvalue weighted by Crippen LogP contribution is -2.39. The molecule has 1 N–H and O–H groups in total. The van der Waals surface area contributed by atoms with Gasteiger partial charge in [-0.2, -0.15) is 21.6 Å². The maximum atomic E-state index is 13.2. The van der Waals surface area contributed by atoms with Crippen LogP contribution >= 0.6 is 0 Å². The first-order valence-electron chi connectivity index (χ1n) is 10.2. The molecule has 0 unspecified atom stereocenters. The second kappa shape index (κ2) is 10.9. The zero-order valence-electron chi connectivity index (χ0n) is 19.4. The number of rotatable bonds is 10. The summed E-state index contributed by atoms with van der Waals surface area (Å²) in [5.74, 6) is -3.62. The van der Waals surface area contributed by atoms with E-state index in [9.17, 15) is 36.3 Å². The highest BCUT2D eigenvalue weighted by Gasteiger charge is 2.50. The number of amides is 1. The molecule has 0 aromatic heterocycles. The third-order valence-corrected chi connectivity index (χ3v) is 7.44. The van der Waals surface area contributed by atoms with Crippen molar-refractivity contribution in [3.8, 4) is 11.5 Å². The van der Waals surface area contributed by atoms with Gasteiger partial charge in [0.25, 0.3) is 5.91 Å². The summed E-state index contributed by atoms with van der Waals surface area (Å²) in [6, 6.07) is 3.18. The number of carbonyl (C=O) groups is 2. The van der Waals surface area contributed by atoms with Gasteiger partial charge in [0.2, 0.25) is 0 Å². The molecular formula is C20H26F3NO9SSi. The summed E-state index contributed by atoms with van der Waals surface area (Å²) < 4.78 is 80.4. The van der Waals surface area contributed by atoms with Crippen molar-refractivity contribution in [2.24, 2.45) is 0 Å². The maximum Gasteiger partial charge on any atom is 0.534 e. The predicted octanol–water partition coefficient (Wildman–Crippen LogP) is 3.18. The third kappa shape index (κ3) is 7.35. The molecule has 1 atom stereocenters. The first kappa shape index (κ1) is 28.5. The van der Waals surface area contributed by atoms with Crippen LogP contribution in [0.25, 0.3) is 0 Å². The molecule has 1 aliphatic rings. The Morgan fingerprint density at radius 2 is 1.89 bits per heavy atom. The largest absolute Gasteiger partial charge is 0.534 e. The molecule has 0 saturated heterocycles. The number of alkyl halides is 3. The van der Waals surface area contributed by atoms with Gasteiger partial charge in [-0.05, 0) is 18.2 Å². The quantitative estimate of drug-likeness (QED) is 0.119. The number of phenolic OH excluding ortho intramolecular Hbond substituents is 1. The van der Waals surface area contributed by atoms with E-state index in [1.807, 2.05) is 0 Å². The normalized spacial score (nSPS) is 16.6. The Hall–Kier alpha value is -2.78. The molecule has 2 rings (SSSR count). The fraction of sp³-hybridized carbons (Fsp3) is 0.500. The molecule has 0 bridgehead atoms. The van der Waals surface area contributed by atoms with Gasteiger partial charge in [0.05, 0.1) is 7.11 Å². The minimum atomic E-state index is -6.04. The Morgan fingerprint density at radius 3 is 2.46 bits per heavy atom. The topological polar surface area (TPSA) is 129 Å². The van der Waals surface area contributed by atoms with Gasteiger partial charge in [-0.3, -0.25) is 9.69 Å². The fourth-order valence-electron chi connectivity index (χ4n) is 2.89. The number of hydrogen-bond acceptors (Lipinski definition) is 9. The average molecular weight is 542 g/mol. The standard InChI is InChI=1S/C20H26F3NO9SSi/c1-30-19(27)14-10-13(33-34(28,29)20(21,22)23)11-24(14)18(26)17-15(25)6-5-7-16(17)32-12-31-8-9-35(2,3)4/h5-7,11,14,25H,8-10,12H2,1-4H3/t14-/m0/s1. The van der Waals surface area contributed by atoms with E-state index in [0.29, 0.717) is 17.7 Å². The van der Waals surface area contributed by atoms with Crippen LogP contribution in [0.2, 0.25) is 25.7 Å². The van der Waals surface area contributed by atoms with E-state index in [-0.39, 0.29) is 12.5 Å². The van der Waals surface area contributed by atoms with Crippen molar-refractivity contribution >= 4 is 30.1 Å². The second-order valence-electron chi connectivity index (χ2n) is 8.67. The SMILES string of the molecule is COC(=O)[C@@H]1CC(OS(=O)(=O)C(F)(F)F)=CN1C(=O)c1c(O)cccc1OCOCC[Si](C)(C)C. The fourth-order valence-corrected chi connectivity index (χ4v) is 4.13. The maximum absolute atomic E-state index is 13.2. The van der Waals surface area contributed by atoms with Crippen molar-refractivity contribution in [2.45, 2.75) is 43.7 Å². The summed E-state index contributed by atoms with van der Waals surface area (Å²) in [6.07, 6.45) is -0.0782. The van der Waals surface area contributed by atoms with Gasteiger partial charge in [0, 0.05) is 27.3 Å². The molecule has 0 saturated carbocycles. The highest BCUT2D eigenvalue weighted by Crippen LogP contribution is 2.35. The van der Waals surface area contributed by atoms with E-state index in [1.54, 1.807) is 0 Å². The Kier molecular flexibility index (Phi) is 8.83. The second-order valence-corrected chi connectivity index (χ2v) is 15.8. The number of halogens is 3. The van der Waals surface area contributed by atoms with Gasteiger partial charge < -0.3 is 23.5 Å². The zero-order chi connectivity index (χ0) is 26.6. The van der Waals surface area contributed by atoms with Gasteiger partial charge in [-0.15, -0.1) is 0 Å². The Labute approximate surface area is 201 Å². The number of ether oxygens (including phenoxy) is 3. The van der Waals surface area contributed by atoms with Crippen LogP contribution in [0.1, 0.15) is 16.8 Å². The van der Waals surface area contributed by atoms with Crippen LogP contribution in [-0.4, -0.2) is 70.4 Å². The molecule has 0 radical (unpaired) electrons. The van der Waals surface area contributed by atoms with Crippen molar-refractivity contribution in [1.29, 1.82) is 0 Å². The number of methoxy groups -OCH3 is 1.